The van der Waals surface area contributed by atoms with E-state index in [9.17, 15) is 4.79 Å². The maximum atomic E-state index is 12.0. The number of anilines is 2. The lowest BCUT2D eigenvalue weighted by Crippen LogP contribution is -2.25. The molecular formula is C16H19ClN4O. The first kappa shape index (κ1) is 16.2. The van der Waals surface area contributed by atoms with Crippen LogP contribution in [-0.4, -0.2) is 22.4 Å². The van der Waals surface area contributed by atoms with E-state index in [1.54, 1.807) is 12.1 Å². The normalized spacial score (nSPS) is 10.4. The molecule has 1 heterocycles. The highest BCUT2D eigenvalue weighted by molar-refractivity contribution is 6.30. The number of aryl methyl sites for hydroxylation is 2. The highest BCUT2D eigenvalue weighted by atomic mass is 35.5. The quantitative estimate of drug-likeness (QED) is 0.883. The molecule has 6 heteroatoms. The number of benzene rings is 1. The topological polar surface area (TPSA) is 66.9 Å². The third-order valence-corrected chi connectivity index (χ3v) is 3.30. The predicted molar refractivity (Wildman–Crippen MR) is 88.9 cm³/mol. The SMILES string of the molecule is CCCNC(=O)c1cc(C)nc(Nc2cc(Cl)ccc2C)n1. The minimum atomic E-state index is -0.196. The molecule has 1 amide bonds. The summed E-state index contributed by atoms with van der Waals surface area (Å²) in [6.07, 6.45) is 0.878. The number of hydrogen-bond acceptors (Lipinski definition) is 4. The number of carbonyl (C=O) groups excluding carboxylic acids is 1. The van der Waals surface area contributed by atoms with Crippen LogP contribution >= 0.6 is 11.6 Å². The minimum Gasteiger partial charge on any atom is -0.351 e. The summed E-state index contributed by atoms with van der Waals surface area (Å²) in [5.74, 6) is 0.185. The largest absolute Gasteiger partial charge is 0.351 e. The summed E-state index contributed by atoms with van der Waals surface area (Å²) >= 11 is 6.01. The Morgan fingerprint density at radius 1 is 1.23 bits per heavy atom. The van der Waals surface area contributed by atoms with Gasteiger partial charge in [0.25, 0.3) is 5.91 Å². The molecule has 0 atom stereocenters. The van der Waals surface area contributed by atoms with Gasteiger partial charge in [0.05, 0.1) is 0 Å². The second-order valence-electron chi connectivity index (χ2n) is 5.06. The van der Waals surface area contributed by atoms with Gasteiger partial charge in [0, 0.05) is 22.9 Å². The van der Waals surface area contributed by atoms with Crippen LogP contribution in [-0.2, 0) is 0 Å². The zero-order valence-electron chi connectivity index (χ0n) is 12.9. The average molecular weight is 319 g/mol. The van der Waals surface area contributed by atoms with Crippen molar-refractivity contribution in [3.8, 4) is 0 Å². The van der Waals surface area contributed by atoms with E-state index in [4.69, 9.17) is 11.6 Å². The second kappa shape index (κ2) is 7.22. The monoisotopic (exact) mass is 318 g/mol. The number of amides is 1. The van der Waals surface area contributed by atoms with Crippen LogP contribution in [0.3, 0.4) is 0 Å². The van der Waals surface area contributed by atoms with Crippen molar-refractivity contribution < 1.29 is 4.79 Å². The van der Waals surface area contributed by atoms with E-state index in [1.165, 1.54) is 0 Å². The van der Waals surface area contributed by atoms with Gasteiger partial charge in [-0.25, -0.2) is 9.97 Å². The summed E-state index contributed by atoms with van der Waals surface area (Å²) in [5.41, 5.74) is 2.91. The van der Waals surface area contributed by atoms with Crippen LogP contribution in [0.25, 0.3) is 0 Å². The molecule has 0 spiro atoms. The first-order chi connectivity index (χ1) is 10.5. The Labute approximate surface area is 135 Å². The van der Waals surface area contributed by atoms with Gasteiger partial charge in [0.15, 0.2) is 0 Å². The summed E-state index contributed by atoms with van der Waals surface area (Å²) in [6, 6.07) is 7.21. The number of aromatic nitrogens is 2. The second-order valence-corrected chi connectivity index (χ2v) is 5.49. The van der Waals surface area contributed by atoms with Gasteiger partial charge in [-0.05, 0) is 44.0 Å². The third kappa shape index (κ3) is 4.18. The molecule has 0 bridgehead atoms. The van der Waals surface area contributed by atoms with Crippen molar-refractivity contribution in [3.05, 3.63) is 46.2 Å². The van der Waals surface area contributed by atoms with Crippen LogP contribution < -0.4 is 10.6 Å². The number of nitrogens with one attached hydrogen (secondary N) is 2. The molecule has 0 aliphatic carbocycles. The molecule has 2 rings (SSSR count). The number of rotatable bonds is 5. The van der Waals surface area contributed by atoms with Crippen molar-refractivity contribution in [3.63, 3.8) is 0 Å². The number of hydrogen-bond donors (Lipinski definition) is 2. The standard InChI is InChI=1S/C16H19ClN4O/c1-4-7-18-15(22)14-8-11(3)19-16(21-14)20-13-9-12(17)6-5-10(13)2/h5-6,8-9H,4,7H2,1-3H3,(H,18,22)(H,19,20,21). The lowest BCUT2D eigenvalue weighted by Gasteiger charge is -2.10. The van der Waals surface area contributed by atoms with E-state index in [2.05, 4.69) is 20.6 Å². The molecule has 22 heavy (non-hydrogen) atoms. The number of halogens is 1. The zero-order valence-corrected chi connectivity index (χ0v) is 13.7. The molecule has 0 unspecified atom stereocenters. The molecule has 0 radical (unpaired) electrons. The summed E-state index contributed by atoms with van der Waals surface area (Å²) in [5, 5.41) is 6.55. The van der Waals surface area contributed by atoms with Gasteiger partial charge >= 0.3 is 0 Å². The number of nitrogens with zero attached hydrogens (tertiary/aromatic N) is 2. The van der Waals surface area contributed by atoms with Crippen LogP contribution in [0.4, 0.5) is 11.6 Å². The Kier molecular flexibility index (Phi) is 5.33. The average Bonchev–Trinajstić information content (AvgIpc) is 2.48. The Balaban J connectivity index is 2.26. The zero-order chi connectivity index (χ0) is 16.1. The Morgan fingerprint density at radius 2 is 2.00 bits per heavy atom. The van der Waals surface area contributed by atoms with Crippen molar-refractivity contribution in [1.82, 2.24) is 15.3 Å². The van der Waals surface area contributed by atoms with E-state index in [1.807, 2.05) is 32.9 Å². The van der Waals surface area contributed by atoms with Crippen LogP contribution in [0.2, 0.25) is 5.02 Å². The Bertz CT molecular complexity index is 688. The van der Waals surface area contributed by atoms with Crippen molar-refractivity contribution in [2.75, 3.05) is 11.9 Å². The lowest BCUT2D eigenvalue weighted by atomic mass is 10.2. The molecule has 0 saturated heterocycles. The molecule has 0 aliphatic heterocycles. The smallest absolute Gasteiger partial charge is 0.270 e. The van der Waals surface area contributed by atoms with E-state index < -0.39 is 0 Å². The van der Waals surface area contributed by atoms with Crippen LogP contribution in [0, 0.1) is 13.8 Å². The van der Waals surface area contributed by atoms with Gasteiger partial charge in [-0.15, -0.1) is 0 Å². The van der Waals surface area contributed by atoms with Crippen molar-refractivity contribution in [1.29, 1.82) is 0 Å². The molecule has 1 aromatic carbocycles. The minimum absolute atomic E-state index is 0.196. The first-order valence-corrected chi connectivity index (χ1v) is 7.54. The van der Waals surface area contributed by atoms with E-state index >= 15 is 0 Å². The van der Waals surface area contributed by atoms with Crippen LogP contribution in [0.1, 0.15) is 35.1 Å². The Hall–Kier alpha value is -2.14. The molecule has 5 nitrogen and oxygen atoms in total. The van der Waals surface area contributed by atoms with Crippen molar-refractivity contribution >= 4 is 29.1 Å². The third-order valence-electron chi connectivity index (χ3n) is 3.07. The summed E-state index contributed by atoms with van der Waals surface area (Å²) in [4.78, 5) is 20.6. The van der Waals surface area contributed by atoms with Crippen molar-refractivity contribution in [2.24, 2.45) is 0 Å². The fourth-order valence-electron chi connectivity index (χ4n) is 1.92. The van der Waals surface area contributed by atoms with Gasteiger partial charge in [0.2, 0.25) is 5.95 Å². The fourth-order valence-corrected chi connectivity index (χ4v) is 2.09. The molecule has 2 N–H and O–H groups in total. The molecule has 0 saturated carbocycles. The molecule has 0 fully saturated rings. The molecule has 0 aliphatic rings. The highest BCUT2D eigenvalue weighted by Gasteiger charge is 2.11. The van der Waals surface area contributed by atoms with E-state index in [0.29, 0.717) is 23.2 Å². The molecule has 2 aromatic rings. The summed E-state index contributed by atoms with van der Waals surface area (Å²) < 4.78 is 0. The summed E-state index contributed by atoms with van der Waals surface area (Å²) in [7, 11) is 0. The van der Waals surface area contributed by atoms with Crippen LogP contribution in [0.5, 0.6) is 0 Å². The molecule has 1 aromatic heterocycles. The van der Waals surface area contributed by atoms with E-state index in [0.717, 1.165) is 23.4 Å². The van der Waals surface area contributed by atoms with Gasteiger partial charge in [-0.2, -0.15) is 0 Å². The maximum absolute atomic E-state index is 12.0. The fraction of sp³-hybridized carbons (Fsp3) is 0.312. The lowest BCUT2D eigenvalue weighted by molar-refractivity contribution is 0.0948. The van der Waals surface area contributed by atoms with Crippen molar-refractivity contribution in [2.45, 2.75) is 27.2 Å². The predicted octanol–water partition coefficient (Wildman–Crippen LogP) is 3.63. The molecular weight excluding hydrogens is 300 g/mol. The first-order valence-electron chi connectivity index (χ1n) is 7.16. The van der Waals surface area contributed by atoms with Gasteiger partial charge in [-0.3, -0.25) is 4.79 Å². The van der Waals surface area contributed by atoms with Gasteiger partial charge < -0.3 is 10.6 Å². The van der Waals surface area contributed by atoms with Crippen LogP contribution in [0.15, 0.2) is 24.3 Å². The highest BCUT2D eigenvalue weighted by Crippen LogP contribution is 2.22. The Morgan fingerprint density at radius 3 is 2.73 bits per heavy atom. The van der Waals surface area contributed by atoms with Gasteiger partial charge in [0.1, 0.15) is 5.69 Å². The number of carbonyl (C=O) groups is 1. The van der Waals surface area contributed by atoms with E-state index in [-0.39, 0.29) is 5.91 Å². The maximum Gasteiger partial charge on any atom is 0.270 e. The summed E-state index contributed by atoms with van der Waals surface area (Å²) in [6.45, 7) is 6.41. The molecule has 116 valence electrons. The van der Waals surface area contributed by atoms with Gasteiger partial charge in [-0.1, -0.05) is 24.6 Å².